The van der Waals surface area contributed by atoms with Crippen molar-refractivity contribution in [3.8, 4) is 0 Å². The van der Waals surface area contributed by atoms with Gasteiger partial charge in [0, 0.05) is 23.8 Å². The number of benzene rings is 1. The Hall–Kier alpha value is -1.99. The minimum Gasteiger partial charge on any atom is -0.353 e. The van der Waals surface area contributed by atoms with Gasteiger partial charge in [-0.05, 0) is 60.7 Å². The van der Waals surface area contributed by atoms with Gasteiger partial charge in [-0.2, -0.15) is 0 Å². The number of hydrogen-bond acceptors (Lipinski definition) is 5. The summed E-state index contributed by atoms with van der Waals surface area (Å²) in [6.45, 7) is 3.56. The maximum atomic E-state index is 12.3. The SMILES string of the molecule is Cc1ccc(NC(=O)c2ccnc(NCCN(C)C)n2)c(Br)c1. The standard InChI is InChI=1S/C16H20BrN5O/c1-11-4-5-13(12(17)10-11)20-15(23)14-6-7-18-16(21-14)19-8-9-22(2)3/h4-7,10H,8-9H2,1-3H3,(H,20,23)(H,18,19,21). The van der Waals surface area contributed by atoms with Crippen LogP contribution in [-0.4, -0.2) is 48.0 Å². The third-order valence-electron chi connectivity index (χ3n) is 3.10. The van der Waals surface area contributed by atoms with Crippen LogP contribution in [0.15, 0.2) is 34.9 Å². The Labute approximate surface area is 144 Å². The zero-order chi connectivity index (χ0) is 16.8. The lowest BCUT2D eigenvalue weighted by Crippen LogP contribution is -2.22. The first-order chi connectivity index (χ1) is 11.0. The highest BCUT2D eigenvalue weighted by molar-refractivity contribution is 9.10. The third kappa shape index (κ3) is 5.30. The molecule has 1 amide bonds. The average molecular weight is 378 g/mol. The second-order valence-electron chi connectivity index (χ2n) is 5.43. The van der Waals surface area contributed by atoms with E-state index in [0.717, 1.165) is 16.6 Å². The number of rotatable bonds is 6. The number of aromatic nitrogens is 2. The molecular formula is C16H20BrN5O. The Kier molecular flexibility index (Phi) is 6.06. The first-order valence-electron chi connectivity index (χ1n) is 7.25. The Bertz CT molecular complexity index is 690. The summed E-state index contributed by atoms with van der Waals surface area (Å²) in [6.07, 6.45) is 1.57. The van der Waals surface area contributed by atoms with Crippen molar-refractivity contribution < 1.29 is 4.79 Å². The van der Waals surface area contributed by atoms with Crippen LogP contribution in [0.1, 0.15) is 16.1 Å². The molecule has 0 radical (unpaired) electrons. The van der Waals surface area contributed by atoms with E-state index in [4.69, 9.17) is 0 Å². The molecule has 0 aliphatic rings. The van der Waals surface area contributed by atoms with Gasteiger partial charge in [-0.1, -0.05) is 6.07 Å². The number of nitrogens with one attached hydrogen (secondary N) is 2. The van der Waals surface area contributed by atoms with Gasteiger partial charge in [0.25, 0.3) is 5.91 Å². The van der Waals surface area contributed by atoms with Crippen molar-refractivity contribution >= 4 is 33.5 Å². The van der Waals surface area contributed by atoms with Crippen LogP contribution >= 0.6 is 15.9 Å². The van der Waals surface area contributed by atoms with Gasteiger partial charge >= 0.3 is 0 Å². The van der Waals surface area contributed by atoms with Crippen LogP contribution in [0.5, 0.6) is 0 Å². The molecule has 1 heterocycles. The average Bonchev–Trinajstić information content (AvgIpc) is 2.50. The summed E-state index contributed by atoms with van der Waals surface area (Å²) in [5.74, 6) is 0.176. The van der Waals surface area contributed by atoms with Crippen LogP contribution < -0.4 is 10.6 Å². The van der Waals surface area contributed by atoms with Gasteiger partial charge in [-0.15, -0.1) is 0 Å². The lowest BCUT2D eigenvalue weighted by atomic mass is 10.2. The summed E-state index contributed by atoms with van der Waals surface area (Å²) in [5.41, 5.74) is 2.14. The third-order valence-corrected chi connectivity index (χ3v) is 3.76. The second-order valence-corrected chi connectivity index (χ2v) is 6.29. The fourth-order valence-corrected chi connectivity index (χ4v) is 2.46. The van der Waals surface area contributed by atoms with E-state index >= 15 is 0 Å². The van der Waals surface area contributed by atoms with E-state index in [9.17, 15) is 4.79 Å². The van der Waals surface area contributed by atoms with Gasteiger partial charge in [-0.25, -0.2) is 9.97 Å². The van der Waals surface area contributed by atoms with Crippen LogP contribution in [0.25, 0.3) is 0 Å². The Morgan fingerprint density at radius 3 is 2.78 bits per heavy atom. The summed E-state index contributed by atoms with van der Waals surface area (Å²) in [6, 6.07) is 7.34. The minimum atomic E-state index is -0.271. The molecule has 0 fully saturated rings. The molecular weight excluding hydrogens is 358 g/mol. The number of likely N-dealkylation sites (N-methyl/N-ethyl adjacent to an activating group) is 1. The molecule has 0 bridgehead atoms. The molecule has 23 heavy (non-hydrogen) atoms. The van der Waals surface area contributed by atoms with Crippen molar-refractivity contribution in [2.24, 2.45) is 0 Å². The predicted molar refractivity (Wildman–Crippen MR) is 95.9 cm³/mol. The molecule has 1 aromatic heterocycles. The van der Waals surface area contributed by atoms with Crippen LogP contribution in [0.4, 0.5) is 11.6 Å². The van der Waals surface area contributed by atoms with E-state index in [2.05, 4.69) is 41.4 Å². The molecule has 2 rings (SSSR count). The van der Waals surface area contributed by atoms with Crippen molar-refractivity contribution in [1.82, 2.24) is 14.9 Å². The van der Waals surface area contributed by atoms with Gasteiger partial charge in [0.1, 0.15) is 5.69 Å². The van der Waals surface area contributed by atoms with E-state index in [1.54, 1.807) is 12.3 Å². The lowest BCUT2D eigenvalue weighted by molar-refractivity contribution is 0.102. The molecule has 122 valence electrons. The number of anilines is 2. The molecule has 7 heteroatoms. The largest absolute Gasteiger partial charge is 0.353 e. The maximum absolute atomic E-state index is 12.3. The number of amides is 1. The van der Waals surface area contributed by atoms with E-state index in [1.807, 2.05) is 39.2 Å². The van der Waals surface area contributed by atoms with Gasteiger partial charge in [0.05, 0.1) is 5.69 Å². The summed E-state index contributed by atoms with van der Waals surface area (Å²) in [4.78, 5) is 22.8. The molecule has 0 saturated carbocycles. The fourth-order valence-electron chi connectivity index (χ4n) is 1.87. The summed E-state index contributed by atoms with van der Waals surface area (Å²) < 4.78 is 0.837. The lowest BCUT2D eigenvalue weighted by Gasteiger charge is -2.11. The normalized spacial score (nSPS) is 10.7. The van der Waals surface area contributed by atoms with Crippen LogP contribution in [0, 0.1) is 6.92 Å². The summed E-state index contributed by atoms with van der Waals surface area (Å²) in [7, 11) is 3.98. The van der Waals surface area contributed by atoms with Crippen LogP contribution in [0.2, 0.25) is 0 Å². The highest BCUT2D eigenvalue weighted by Crippen LogP contribution is 2.23. The Balaban J connectivity index is 2.04. The Morgan fingerprint density at radius 1 is 1.30 bits per heavy atom. The van der Waals surface area contributed by atoms with Gasteiger partial charge in [0.2, 0.25) is 5.95 Å². The van der Waals surface area contributed by atoms with Crippen molar-refractivity contribution in [1.29, 1.82) is 0 Å². The number of carbonyl (C=O) groups excluding carboxylic acids is 1. The predicted octanol–water partition coefficient (Wildman–Crippen LogP) is 2.77. The van der Waals surface area contributed by atoms with Crippen molar-refractivity contribution in [3.63, 3.8) is 0 Å². The quantitative estimate of drug-likeness (QED) is 0.809. The topological polar surface area (TPSA) is 70.2 Å². The highest BCUT2D eigenvalue weighted by atomic mass is 79.9. The molecule has 0 aliphatic heterocycles. The van der Waals surface area contributed by atoms with E-state index in [1.165, 1.54) is 0 Å². The smallest absolute Gasteiger partial charge is 0.274 e. The van der Waals surface area contributed by atoms with Crippen LogP contribution in [-0.2, 0) is 0 Å². The zero-order valence-corrected chi connectivity index (χ0v) is 15.0. The monoisotopic (exact) mass is 377 g/mol. The van der Waals surface area contributed by atoms with E-state index in [-0.39, 0.29) is 5.91 Å². The van der Waals surface area contributed by atoms with Crippen molar-refractivity contribution in [3.05, 3.63) is 46.2 Å². The minimum absolute atomic E-state index is 0.271. The first-order valence-corrected chi connectivity index (χ1v) is 8.04. The van der Waals surface area contributed by atoms with Gasteiger partial charge in [0.15, 0.2) is 0 Å². The molecule has 2 aromatic rings. The molecule has 0 aliphatic carbocycles. The molecule has 0 spiro atoms. The highest BCUT2D eigenvalue weighted by Gasteiger charge is 2.11. The number of aryl methyl sites for hydroxylation is 1. The maximum Gasteiger partial charge on any atom is 0.274 e. The summed E-state index contributed by atoms with van der Waals surface area (Å²) >= 11 is 3.45. The number of halogens is 1. The van der Waals surface area contributed by atoms with Gasteiger partial charge in [-0.3, -0.25) is 4.79 Å². The number of nitrogens with zero attached hydrogens (tertiary/aromatic N) is 3. The van der Waals surface area contributed by atoms with Crippen LogP contribution in [0.3, 0.4) is 0 Å². The molecule has 0 unspecified atom stereocenters. The van der Waals surface area contributed by atoms with Gasteiger partial charge < -0.3 is 15.5 Å². The fraction of sp³-hybridized carbons (Fsp3) is 0.312. The second kappa shape index (κ2) is 8.03. The van der Waals surface area contributed by atoms with E-state index < -0.39 is 0 Å². The van der Waals surface area contributed by atoms with Crippen molar-refractivity contribution in [2.75, 3.05) is 37.8 Å². The molecule has 0 atom stereocenters. The summed E-state index contributed by atoms with van der Waals surface area (Å²) in [5, 5.41) is 5.94. The molecule has 1 aromatic carbocycles. The van der Waals surface area contributed by atoms with Crippen molar-refractivity contribution in [2.45, 2.75) is 6.92 Å². The zero-order valence-electron chi connectivity index (χ0n) is 13.4. The molecule has 6 nitrogen and oxygen atoms in total. The molecule has 2 N–H and O–H groups in total. The Morgan fingerprint density at radius 2 is 2.09 bits per heavy atom. The number of carbonyl (C=O) groups is 1. The van der Waals surface area contributed by atoms with E-state index in [0.29, 0.717) is 23.9 Å². The number of hydrogen-bond donors (Lipinski definition) is 2. The first kappa shape index (κ1) is 17.4. The molecule has 0 saturated heterocycles.